The summed E-state index contributed by atoms with van der Waals surface area (Å²) in [5.74, 6) is -11.5. The fourth-order valence-electron chi connectivity index (χ4n) is 3.33. The zero-order chi connectivity index (χ0) is 21.7. The Hall–Kier alpha value is -1.89. The van der Waals surface area contributed by atoms with Crippen molar-refractivity contribution in [1.82, 2.24) is 0 Å². The zero-order valence-corrected chi connectivity index (χ0v) is 15.3. The summed E-state index contributed by atoms with van der Waals surface area (Å²) in [4.78, 5) is 61.0. The number of Topliss-reactive ketones (excluding diaryl/α,β-unsaturated/α-hetero) is 5. The third kappa shape index (κ3) is 2.54. The van der Waals surface area contributed by atoms with E-state index in [-0.39, 0.29) is 0 Å². The number of ketones is 5. The Balaban J connectivity index is 4.15. The van der Waals surface area contributed by atoms with E-state index in [1.807, 2.05) is 0 Å². The van der Waals surface area contributed by atoms with E-state index in [1.54, 1.807) is 0 Å². The smallest absolute Gasteiger partial charge is 0.267 e. The Kier molecular flexibility index (Phi) is 5.67. The Morgan fingerprint density at radius 2 is 1.19 bits per heavy atom. The predicted octanol–water partition coefficient (Wildman–Crippen LogP) is -3.43. The van der Waals surface area contributed by atoms with Crippen LogP contribution in [0.5, 0.6) is 0 Å². The molecule has 0 aromatic carbocycles. The highest BCUT2D eigenvalue weighted by molar-refractivity contribution is 6.11. The maximum Gasteiger partial charge on any atom is 0.267 e. The molecule has 1 rings (SSSR count). The topological polar surface area (TPSA) is 196 Å². The number of aliphatic hydroxyl groups is 5. The molecule has 6 atom stereocenters. The molecule has 152 valence electrons. The first-order valence-corrected chi connectivity index (χ1v) is 7.81. The fourth-order valence-corrected chi connectivity index (χ4v) is 3.33. The van der Waals surface area contributed by atoms with Crippen LogP contribution in [0, 0.1) is 0 Å². The molecule has 0 radical (unpaired) electrons. The van der Waals surface area contributed by atoms with Gasteiger partial charge in [-0.15, -0.1) is 0 Å². The van der Waals surface area contributed by atoms with Gasteiger partial charge in [-0.05, 0) is 27.7 Å². The summed E-state index contributed by atoms with van der Waals surface area (Å²) in [5, 5.41) is 52.9. The molecule has 1 saturated heterocycles. The van der Waals surface area contributed by atoms with Crippen LogP contribution in [0.4, 0.5) is 0 Å². The highest BCUT2D eigenvalue weighted by atomic mass is 16.7. The lowest BCUT2D eigenvalue weighted by Gasteiger charge is -2.59. The van der Waals surface area contributed by atoms with E-state index >= 15 is 0 Å². The molecule has 1 aliphatic heterocycles. The molecule has 1 heterocycles. The lowest BCUT2D eigenvalue weighted by molar-refractivity contribution is -0.381. The molecule has 0 amide bonds. The molecular weight excluding hydrogens is 368 g/mol. The van der Waals surface area contributed by atoms with Crippen LogP contribution in [0.25, 0.3) is 0 Å². The number of rotatable bonds is 6. The molecule has 11 nitrogen and oxygen atoms in total. The van der Waals surface area contributed by atoms with Crippen LogP contribution in [-0.4, -0.2) is 89.2 Å². The third-order valence-electron chi connectivity index (χ3n) is 4.94. The SMILES string of the molecule is CC(=O)[C@@]1(O)[C@](O)(C(C)=O)[C@](O)(C(C)=O)[C@@H](C(=O)C(C)O)O[C@@]1(O)C(C)=O. The zero-order valence-electron chi connectivity index (χ0n) is 15.3. The van der Waals surface area contributed by atoms with E-state index in [0.717, 1.165) is 6.92 Å². The van der Waals surface area contributed by atoms with Crippen LogP contribution in [0.2, 0.25) is 0 Å². The first-order chi connectivity index (χ1) is 12.0. The Morgan fingerprint density at radius 1 is 0.778 bits per heavy atom. The monoisotopic (exact) mass is 390 g/mol. The van der Waals surface area contributed by atoms with Crippen molar-refractivity contribution in [3.63, 3.8) is 0 Å². The first-order valence-electron chi connectivity index (χ1n) is 7.81. The van der Waals surface area contributed by atoms with E-state index in [9.17, 15) is 49.5 Å². The van der Waals surface area contributed by atoms with Gasteiger partial charge in [0.1, 0.15) is 6.10 Å². The second-order valence-electron chi connectivity index (χ2n) is 6.63. The van der Waals surface area contributed by atoms with Crippen molar-refractivity contribution in [3.05, 3.63) is 0 Å². The van der Waals surface area contributed by atoms with Crippen molar-refractivity contribution >= 4 is 28.9 Å². The van der Waals surface area contributed by atoms with Crippen LogP contribution in [-0.2, 0) is 28.7 Å². The Morgan fingerprint density at radius 3 is 1.44 bits per heavy atom. The van der Waals surface area contributed by atoms with Crippen molar-refractivity contribution in [2.24, 2.45) is 0 Å². The second kappa shape index (κ2) is 6.62. The largest absolute Gasteiger partial charge is 0.386 e. The summed E-state index contributed by atoms with van der Waals surface area (Å²) in [6.07, 6.45) is -4.62. The van der Waals surface area contributed by atoms with Gasteiger partial charge in [0.15, 0.2) is 40.6 Å². The molecule has 27 heavy (non-hydrogen) atoms. The van der Waals surface area contributed by atoms with Crippen molar-refractivity contribution < 1.29 is 54.2 Å². The average molecular weight is 390 g/mol. The van der Waals surface area contributed by atoms with Crippen LogP contribution in [0.3, 0.4) is 0 Å². The average Bonchev–Trinajstić information content (AvgIpc) is 2.54. The minimum absolute atomic E-state index is 0.553. The summed E-state index contributed by atoms with van der Waals surface area (Å²) in [5.41, 5.74) is -11.3. The summed E-state index contributed by atoms with van der Waals surface area (Å²) in [7, 11) is 0. The molecule has 0 spiro atoms. The number of hydrogen-bond acceptors (Lipinski definition) is 11. The number of carbonyl (C=O) groups excluding carboxylic acids is 5. The predicted molar refractivity (Wildman–Crippen MR) is 84.1 cm³/mol. The second-order valence-corrected chi connectivity index (χ2v) is 6.63. The van der Waals surface area contributed by atoms with Gasteiger partial charge in [-0.25, -0.2) is 0 Å². The van der Waals surface area contributed by atoms with Crippen LogP contribution >= 0.6 is 0 Å². The molecule has 1 unspecified atom stereocenters. The van der Waals surface area contributed by atoms with Crippen molar-refractivity contribution in [3.8, 4) is 0 Å². The molecule has 0 aromatic rings. The summed E-state index contributed by atoms with van der Waals surface area (Å²) < 4.78 is 4.80. The third-order valence-corrected chi connectivity index (χ3v) is 4.94. The molecule has 11 heteroatoms. The first kappa shape index (κ1) is 23.1. The lowest BCUT2D eigenvalue weighted by Crippen LogP contribution is -2.91. The summed E-state index contributed by atoms with van der Waals surface area (Å²) in [6, 6.07) is 0. The van der Waals surface area contributed by atoms with Gasteiger partial charge in [-0.3, -0.25) is 24.0 Å². The molecule has 0 aromatic heterocycles. The maximum atomic E-state index is 12.3. The maximum absolute atomic E-state index is 12.3. The van der Waals surface area contributed by atoms with Gasteiger partial charge in [0, 0.05) is 6.92 Å². The number of hydrogen-bond donors (Lipinski definition) is 5. The quantitative estimate of drug-likeness (QED) is 0.303. The molecule has 1 aliphatic rings. The van der Waals surface area contributed by atoms with E-state index < -0.39 is 63.7 Å². The van der Waals surface area contributed by atoms with Crippen LogP contribution < -0.4 is 0 Å². The molecule has 0 saturated carbocycles. The molecule has 0 bridgehead atoms. The van der Waals surface area contributed by atoms with Crippen molar-refractivity contribution in [2.45, 2.75) is 69.4 Å². The lowest BCUT2D eigenvalue weighted by atomic mass is 9.57. The minimum atomic E-state index is -3.87. The highest BCUT2D eigenvalue weighted by Gasteiger charge is 2.84. The van der Waals surface area contributed by atoms with Gasteiger partial charge >= 0.3 is 0 Å². The summed E-state index contributed by atoms with van der Waals surface area (Å²) >= 11 is 0. The highest BCUT2D eigenvalue weighted by Crippen LogP contribution is 2.51. The van der Waals surface area contributed by atoms with Gasteiger partial charge in [0.05, 0.1) is 0 Å². The normalized spacial score (nSPS) is 40.1. The van der Waals surface area contributed by atoms with E-state index in [2.05, 4.69) is 0 Å². The van der Waals surface area contributed by atoms with Gasteiger partial charge in [-0.2, -0.15) is 0 Å². The minimum Gasteiger partial charge on any atom is -0.386 e. The van der Waals surface area contributed by atoms with E-state index in [1.165, 1.54) is 0 Å². The number of aliphatic hydroxyl groups excluding tert-OH is 1. The summed E-state index contributed by atoms with van der Waals surface area (Å²) in [6.45, 7) is 3.21. The van der Waals surface area contributed by atoms with Crippen LogP contribution in [0.15, 0.2) is 0 Å². The van der Waals surface area contributed by atoms with Crippen LogP contribution in [0.1, 0.15) is 34.6 Å². The number of carbonyl (C=O) groups is 5. The Bertz CT molecular complexity index is 728. The van der Waals surface area contributed by atoms with Crippen molar-refractivity contribution in [2.75, 3.05) is 0 Å². The standard InChI is InChI=1S/C16H22O11/c1-6(17)11(22)12-13(23,7(2)18)14(24,8(3)19)15(25,9(4)20)16(26,27-12)10(5)21/h6,12,17,23-26H,1-5H3/t6?,12-,13+,14+,15-,16+/m1/s1. The van der Waals surface area contributed by atoms with Crippen molar-refractivity contribution in [1.29, 1.82) is 0 Å². The molecule has 1 fully saturated rings. The molecular formula is C16H22O11. The van der Waals surface area contributed by atoms with Gasteiger partial charge in [0.2, 0.25) is 11.2 Å². The van der Waals surface area contributed by atoms with Gasteiger partial charge in [0.25, 0.3) is 5.79 Å². The molecule has 0 aliphatic carbocycles. The number of ether oxygens (including phenoxy) is 1. The molecule has 5 N–H and O–H groups in total. The fraction of sp³-hybridized carbons (Fsp3) is 0.688. The van der Waals surface area contributed by atoms with E-state index in [0.29, 0.717) is 27.7 Å². The van der Waals surface area contributed by atoms with E-state index in [4.69, 9.17) is 4.74 Å². The Labute approximate surface area is 153 Å². The van der Waals surface area contributed by atoms with Gasteiger partial charge < -0.3 is 30.3 Å². The van der Waals surface area contributed by atoms with Gasteiger partial charge in [-0.1, -0.05) is 0 Å².